The van der Waals surface area contributed by atoms with Gasteiger partial charge in [-0.05, 0) is 42.4 Å². The standard InChI is InChI=1S/C18H18FN3O2S/c1-2-24-10-12-5-3-11(4-6-12)9-20-17(23)14-7-13(19)8-15-16(14)22-18(25)21-15/h3-8H,2,9-10H2,1H3,(H,20,23)(H2,21,22,25). The molecule has 0 saturated heterocycles. The van der Waals surface area contributed by atoms with Gasteiger partial charge < -0.3 is 20.0 Å². The number of nitrogens with one attached hydrogen (secondary N) is 3. The van der Waals surface area contributed by atoms with E-state index in [4.69, 9.17) is 17.0 Å². The van der Waals surface area contributed by atoms with Crippen LogP contribution in [0.3, 0.4) is 0 Å². The van der Waals surface area contributed by atoms with Gasteiger partial charge in [0.1, 0.15) is 5.82 Å². The van der Waals surface area contributed by atoms with Crippen molar-refractivity contribution in [1.29, 1.82) is 0 Å². The molecular weight excluding hydrogens is 341 g/mol. The average Bonchev–Trinajstić information content (AvgIpc) is 2.97. The maximum atomic E-state index is 13.7. The van der Waals surface area contributed by atoms with Crippen LogP contribution in [0.25, 0.3) is 11.0 Å². The minimum Gasteiger partial charge on any atom is -0.377 e. The molecule has 3 aromatic rings. The third-order valence-corrected chi connectivity index (χ3v) is 3.99. The Morgan fingerprint density at radius 3 is 2.64 bits per heavy atom. The minimum atomic E-state index is -0.497. The van der Waals surface area contributed by atoms with Crippen LogP contribution in [0.2, 0.25) is 0 Å². The van der Waals surface area contributed by atoms with E-state index in [0.29, 0.717) is 35.6 Å². The summed E-state index contributed by atoms with van der Waals surface area (Å²) in [5.74, 6) is -0.865. The number of benzene rings is 2. The number of H-pyrrole nitrogens is 2. The van der Waals surface area contributed by atoms with Crippen LogP contribution in [-0.4, -0.2) is 22.5 Å². The molecule has 130 valence electrons. The molecule has 25 heavy (non-hydrogen) atoms. The number of rotatable bonds is 6. The molecule has 0 aliphatic carbocycles. The summed E-state index contributed by atoms with van der Waals surface area (Å²) in [6.07, 6.45) is 0. The van der Waals surface area contributed by atoms with Crippen LogP contribution < -0.4 is 5.32 Å². The van der Waals surface area contributed by atoms with E-state index < -0.39 is 5.82 Å². The maximum absolute atomic E-state index is 13.7. The zero-order chi connectivity index (χ0) is 17.8. The topological polar surface area (TPSA) is 69.9 Å². The number of ether oxygens (including phenoxy) is 1. The van der Waals surface area contributed by atoms with E-state index in [-0.39, 0.29) is 11.5 Å². The molecule has 0 radical (unpaired) electrons. The number of hydrogen-bond acceptors (Lipinski definition) is 3. The molecular formula is C18H18FN3O2S. The quantitative estimate of drug-likeness (QED) is 0.586. The number of aromatic amines is 2. The van der Waals surface area contributed by atoms with Gasteiger partial charge in [0.05, 0.1) is 23.2 Å². The first-order valence-corrected chi connectivity index (χ1v) is 8.33. The van der Waals surface area contributed by atoms with Crippen molar-refractivity contribution in [1.82, 2.24) is 15.3 Å². The third kappa shape index (κ3) is 4.12. The number of hydrogen-bond donors (Lipinski definition) is 3. The minimum absolute atomic E-state index is 0.218. The summed E-state index contributed by atoms with van der Waals surface area (Å²) < 4.78 is 19.4. The van der Waals surface area contributed by atoms with Crippen molar-refractivity contribution < 1.29 is 13.9 Å². The Morgan fingerprint density at radius 1 is 1.20 bits per heavy atom. The normalized spacial score (nSPS) is 11.0. The summed E-state index contributed by atoms with van der Waals surface area (Å²) in [4.78, 5) is 18.1. The van der Waals surface area contributed by atoms with Crippen molar-refractivity contribution in [3.8, 4) is 0 Å². The van der Waals surface area contributed by atoms with Gasteiger partial charge >= 0.3 is 0 Å². The predicted octanol–water partition coefficient (Wildman–Crippen LogP) is 3.83. The van der Waals surface area contributed by atoms with Gasteiger partial charge in [-0.2, -0.15) is 0 Å². The summed E-state index contributed by atoms with van der Waals surface area (Å²) in [7, 11) is 0. The van der Waals surface area contributed by atoms with Crippen molar-refractivity contribution in [3.05, 3.63) is 63.7 Å². The molecule has 5 nitrogen and oxygen atoms in total. The van der Waals surface area contributed by atoms with Crippen molar-refractivity contribution in [2.24, 2.45) is 0 Å². The number of aromatic nitrogens is 2. The summed E-state index contributed by atoms with van der Waals surface area (Å²) in [6, 6.07) is 10.3. The molecule has 7 heteroatoms. The lowest BCUT2D eigenvalue weighted by atomic mass is 10.1. The Balaban J connectivity index is 1.71. The molecule has 1 amide bonds. The Hall–Kier alpha value is -2.51. The van der Waals surface area contributed by atoms with E-state index in [2.05, 4.69) is 15.3 Å². The van der Waals surface area contributed by atoms with Crippen LogP contribution in [0.1, 0.15) is 28.4 Å². The van der Waals surface area contributed by atoms with E-state index in [0.717, 1.165) is 11.1 Å². The monoisotopic (exact) mass is 359 g/mol. The van der Waals surface area contributed by atoms with Gasteiger partial charge in [0, 0.05) is 13.2 Å². The number of halogens is 1. The van der Waals surface area contributed by atoms with Crippen LogP contribution in [0.5, 0.6) is 0 Å². The smallest absolute Gasteiger partial charge is 0.253 e. The van der Waals surface area contributed by atoms with Gasteiger partial charge in [0.15, 0.2) is 4.77 Å². The van der Waals surface area contributed by atoms with Crippen LogP contribution in [-0.2, 0) is 17.9 Å². The second-order valence-corrected chi connectivity index (χ2v) is 6.00. The molecule has 0 bridgehead atoms. The Kier molecular flexibility index (Phi) is 5.25. The first-order chi connectivity index (χ1) is 12.1. The summed E-state index contributed by atoms with van der Waals surface area (Å²) in [5, 5.41) is 2.80. The lowest BCUT2D eigenvalue weighted by Gasteiger charge is -2.08. The lowest BCUT2D eigenvalue weighted by Crippen LogP contribution is -2.23. The summed E-state index contributed by atoms with van der Waals surface area (Å²) in [6.45, 7) is 3.53. The van der Waals surface area contributed by atoms with Crippen molar-refractivity contribution >= 4 is 29.2 Å². The highest BCUT2D eigenvalue weighted by Crippen LogP contribution is 2.18. The Bertz CT molecular complexity index is 947. The summed E-state index contributed by atoms with van der Waals surface area (Å²) in [5.41, 5.74) is 3.20. The second kappa shape index (κ2) is 7.58. The largest absolute Gasteiger partial charge is 0.377 e. The van der Waals surface area contributed by atoms with Gasteiger partial charge in [-0.3, -0.25) is 4.79 Å². The fourth-order valence-electron chi connectivity index (χ4n) is 2.54. The number of fused-ring (bicyclic) bond motifs is 1. The molecule has 3 N–H and O–H groups in total. The first-order valence-electron chi connectivity index (χ1n) is 7.92. The number of imidazole rings is 1. The van der Waals surface area contributed by atoms with Crippen molar-refractivity contribution in [3.63, 3.8) is 0 Å². The van der Waals surface area contributed by atoms with Gasteiger partial charge in [-0.1, -0.05) is 24.3 Å². The molecule has 0 saturated carbocycles. The molecule has 0 unspecified atom stereocenters. The molecule has 0 atom stereocenters. The highest BCUT2D eigenvalue weighted by atomic mass is 32.1. The van der Waals surface area contributed by atoms with E-state index in [1.165, 1.54) is 12.1 Å². The van der Waals surface area contributed by atoms with E-state index in [1.54, 1.807) is 0 Å². The third-order valence-electron chi connectivity index (χ3n) is 3.78. The predicted molar refractivity (Wildman–Crippen MR) is 96.4 cm³/mol. The highest BCUT2D eigenvalue weighted by molar-refractivity contribution is 7.71. The number of carbonyl (C=O) groups is 1. The van der Waals surface area contributed by atoms with Gasteiger partial charge in [-0.25, -0.2) is 4.39 Å². The molecule has 3 rings (SSSR count). The fourth-order valence-corrected chi connectivity index (χ4v) is 2.75. The highest BCUT2D eigenvalue weighted by Gasteiger charge is 2.13. The van der Waals surface area contributed by atoms with E-state index in [9.17, 15) is 9.18 Å². The van der Waals surface area contributed by atoms with Crippen molar-refractivity contribution in [2.45, 2.75) is 20.1 Å². The van der Waals surface area contributed by atoms with Gasteiger partial charge in [0.2, 0.25) is 0 Å². The van der Waals surface area contributed by atoms with Crippen LogP contribution in [0.15, 0.2) is 36.4 Å². The summed E-state index contributed by atoms with van der Waals surface area (Å²) >= 11 is 5.01. The number of carbonyl (C=O) groups excluding carboxylic acids is 1. The lowest BCUT2D eigenvalue weighted by molar-refractivity contribution is 0.0952. The molecule has 1 heterocycles. The fraction of sp³-hybridized carbons (Fsp3) is 0.222. The maximum Gasteiger partial charge on any atom is 0.253 e. The Labute approximate surface area is 149 Å². The molecule has 0 aliphatic rings. The SMILES string of the molecule is CCOCc1ccc(CNC(=O)c2cc(F)cc3[nH]c(=S)[nH]c23)cc1. The van der Waals surface area contributed by atoms with Gasteiger partial charge in [0.25, 0.3) is 5.91 Å². The zero-order valence-corrected chi connectivity index (χ0v) is 14.5. The molecule has 0 spiro atoms. The molecule has 1 aromatic heterocycles. The number of amides is 1. The van der Waals surface area contributed by atoms with Crippen LogP contribution in [0.4, 0.5) is 4.39 Å². The van der Waals surface area contributed by atoms with Crippen LogP contribution >= 0.6 is 12.2 Å². The second-order valence-electron chi connectivity index (χ2n) is 5.59. The van der Waals surface area contributed by atoms with E-state index in [1.807, 2.05) is 31.2 Å². The van der Waals surface area contributed by atoms with Crippen LogP contribution in [0, 0.1) is 10.6 Å². The zero-order valence-electron chi connectivity index (χ0n) is 13.7. The Morgan fingerprint density at radius 2 is 1.92 bits per heavy atom. The van der Waals surface area contributed by atoms with Crippen molar-refractivity contribution in [2.75, 3.05) is 6.61 Å². The van der Waals surface area contributed by atoms with Gasteiger partial charge in [-0.15, -0.1) is 0 Å². The molecule has 0 aliphatic heterocycles. The average molecular weight is 359 g/mol. The van der Waals surface area contributed by atoms with E-state index >= 15 is 0 Å². The first kappa shape index (κ1) is 17.3. The molecule has 0 fully saturated rings. The molecule has 2 aromatic carbocycles.